The van der Waals surface area contributed by atoms with Crippen LogP contribution in [0.1, 0.15) is 16.0 Å². The Morgan fingerprint density at radius 2 is 1.80 bits per heavy atom. The standard InChI is InChI=1S/C15H13Br2ClO2/c1-19-10-4-5-11(14(8-10)20-2)15(17)9-3-6-13(18)12(16)7-9/h3-8,15H,1-2H3. The van der Waals surface area contributed by atoms with Gasteiger partial charge in [-0.05, 0) is 39.7 Å². The minimum Gasteiger partial charge on any atom is -0.497 e. The van der Waals surface area contributed by atoms with Gasteiger partial charge in [-0.25, -0.2) is 0 Å². The molecule has 0 aromatic heterocycles. The zero-order chi connectivity index (χ0) is 14.7. The van der Waals surface area contributed by atoms with Gasteiger partial charge in [0.25, 0.3) is 0 Å². The average Bonchev–Trinajstić information content (AvgIpc) is 2.48. The minimum absolute atomic E-state index is 0.0110. The summed E-state index contributed by atoms with van der Waals surface area (Å²) in [4.78, 5) is 0.0110. The highest BCUT2D eigenvalue weighted by molar-refractivity contribution is 9.10. The smallest absolute Gasteiger partial charge is 0.127 e. The molecule has 0 fully saturated rings. The van der Waals surface area contributed by atoms with Gasteiger partial charge < -0.3 is 9.47 Å². The Bertz CT molecular complexity index is 617. The molecule has 1 unspecified atom stereocenters. The second-order valence-electron chi connectivity index (χ2n) is 4.14. The first-order chi connectivity index (χ1) is 9.56. The van der Waals surface area contributed by atoms with Crippen molar-refractivity contribution in [2.24, 2.45) is 0 Å². The summed E-state index contributed by atoms with van der Waals surface area (Å²) in [6.07, 6.45) is 0. The molecule has 1 atom stereocenters. The summed E-state index contributed by atoms with van der Waals surface area (Å²) in [6, 6.07) is 11.6. The van der Waals surface area contributed by atoms with Crippen LogP contribution in [0.5, 0.6) is 11.5 Å². The van der Waals surface area contributed by atoms with Gasteiger partial charge in [0.05, 0.1) is 24.1 Å². The van der Waals surface area contributed by atoms with Crippen LogP contribution in [0.3, 0.4) is 0 Å². The van der Waals surface area contributed by atoms with Gasteiger partial charge in [-0.3, -0.25) is 0 Å². The highest BCUT2D eigenvalue weighted by atomic mass is 79.9. The highest BCUT2D eigenvalue weighted by Gasteiger charge is 2.17. The predicted molar refractivity (Wildman–Crippen MR) is 89.5 cm³/mol. The van der Waals surface area contributed by atoms with Crippen LogP contribution in [0.2, 0.25) is 5.02 Å². The molecule has 0 saturated carbocycles. The lowest BCUT2D eigenvalue weighted by atomic mass is 10.0. The Labute approximate surface area is 140 Å². The number of hydrogen-bond acceptors (Lipinski definition) is 2. The van der Waals surface area contributed by atoms with Crippen molar-refractivity contribution < 1.29 is 9.47 Å². The Hall–Kier alpha value is -0.710. The highest BCUT2D eigenvalue weighted by Crippen LogP contribution is 2.39. The molecule has 0 heterocycles. The van der Waals surface area contributed by atoms with Crippen LogP contribution in [0.15, 0.2) is 40.9 Å². The number of alkyl halides is 1. The Morgan fingerprint density at radius 3 is 2.40 bits per heavy atom. The molecule has 0 saturated heterocycles. The van der Waals surface area contributed by atoms with Gasteiger partial charge in [0, 0.05) is 16.1 Å². The maximum absolute atomic E-state index is 6.03. The first-order valence-electron chi connectivity index (χ1n) is 5.87. The average molecular weight is 421 g/mol. The lowest BCUT2D eigenvalue weighted by Crippen LogP contribution is -1.98. The van der Waals surface area contributed by atoms with E-state index >= 15 is 0 Å². The summed E-state index contributed by atoms with van der Waals surface area (Å²) < 4.78 is 11.5. The van der Waals surface area contributed by atoms with E-state index in [2.05, 4.69) is 31.9 Å². The second kappa shape index (κ2) is 6.83. The Morgan fingerprint density at radius 1 is 1.05 bits per heavy atom. The SMILES string of the molecule is COc1ccc(C(Br)c2ccc(Cl)c(Br)c2)c(OC)c1. The third-order valence-corrected chi connectivity index (χ3v) is 5.19. The first-order valence-corrected chi connectivity index (χ1v) is 7.96. The molecule has 106 valence electrons. The molecular formula is C15H13Br2ClO2. The van der Waals surface area contributed by atoms with Crippen molar-refractivity contribution in [3.63, 3.8) is 0 Å². The largest absolute Gasteiger partial charge is 0.497 e. The van der Waals surface area contributed by atoms with E-state index in [9.17, 15) is 0 Å². The molecular weight excluding hydrogens is 407 g/mol. The van der Waals surface area contributed by atoms with Gasteiger partial charge in [-0.15, -0.1) is 0 Å². The van der Waals surface area contributed by atoms with E-state index in [1.165, 1.54) is 0 Å². The van der Waals surface area contributed by atoms with Crippen molar-refractivity contribution in [1.29, 1.82) is 0 Å². The van der Waals surface area contributed by atoms with Crippen molar-refractivity contribution >= 4 is 43.5 Å². The number of halogens is 3. The van der Waals surface area contributed by atoms with Crippen LogP contribution in [-0.4, -0.2) is 14.2 Å². The van der Waals surface area contributed by atoms with Crippen LogP contribution in [-0.2, 0) is 0 Å². The van der Waals surface area contributed by atoms with Crippen molar-refractivity contribution in [2.45, 2.75) is 4.83 Å². The molecule has 2 aromatic carbocycles. The number of ether oxygens (including phenoxy) is 2. The van der Waals surface area contributed by atoms with Crippen LogP contribution >= 0.6 is 43.5 Å². The molecule has 0 aliphatic rings. The lowest BCUT2D eigenvalue weighted by Gasteiger charge is -2.16. The monoisotopic (exact) mass is 418 g/mol. The molecule has 0 N–H and O–H groups in total. The van der Waals surface area contributed by atoms with Crippen molar-refractivity contribution in [2.75, 3.05) is 14.2 Å². The molecule has 5 heteroatoms. The van der Waals surface area contributed by atoms with Gasteiger partial charge in [-0.1, -0.05) is 39.7 Å². The van der Waals surface area contributed by atoms with E-state index in [1.54, 1.807) is 14.2 Å². The molecule has 0 radical (unpaired) electrons. The van der Waals surface area contributed by atoms with Crippen molar-refractivity contribution in [3.8, 4) is 11.5 Å². The molecule has 20 heavy (non-hydrogen) atoms. The Kier molecular flexibility index (Phi) is 5.35. The summed E-state index contributed by atoms with van der Waals surface area (Å²) in [5.41, 5.74) is 2.12. The zero-order valence-electron chi connectivity index (χ0n) is 11.0. The summed E-state index contributed by atoms with van der Waals surface area (Å²) in [7, 11) is 3.28. The molecule has 0 amide bonds. The fourth-order valence-corrected chi connectivity index (χ4v) is 3.05. The predicted octanol–water partition coefficient (Wildman–Crippen LogP) is 5.60. The molecule has 0 aliphatic heterocycles. The number of hydrogen-bond donors (Lipinski definition) is 0. The third kappa shape index (κ3) is 3.30. The van der Waals surface area contributed by atoms with Gasteiger partial charge in [-0.2, -0.15) is 0 Å². The molecule has 0 bridgehead atoms. The second-order valence-corrected chi connectivity index (χ2v) is 6.32. The topological polar surface area (TPSA) is 18.5 Å². The van der Waals surface area contributed by atoms with E-state index < -0.39 is 0 Å². The van der Waals surface area contributed by atoms with Crippen LogP contribution in [0.4, 0.5) is 0 Å². The number of benzene rings is 2. The van der Waals surface area contributed by atoms with E-state index in [0.717, 1.165) is 27.1 Å². The molecule has 2 aromatic rings. The third-order valence-electron chi connectivity index (χ3n) is 2.95. The van der Waals surface area contributed by atoms with Crippen LogP contribution < -0.4 is 9.47 Å². The van der Waals surface area contributed by atoms with E-state index in [1.807, 2.05) is 36.4 Å². The summed E-state index contributed by atoms with van der Waals surface area (Å²) in [5.74, 6) is 1.54. The van der Waals surface area contributed by atoms with E-state index in [0.29, 0.717) is 5.02 Å². The quantitative estimate of drug-likeness (QED) is 0.599. The molecule has 0 aliphatic carbocycles. The van der Waals surface area contributed by atoms with Gasteiger partial charge in [0.15, 0.2) is 0 Å². The fourth-order valence-electron chi connectivity index (χ4n) is 1.88. The van der Waals surface area contributed by atoms with Gasteiger partial charge in [0.1, 0.15) is 11.5 Å². The van der Waals surface area contributed by atoms with E-state index in [-0.39, 0.29) is 4.83 Å². The minimum atomic E-state index is 0.0110. The normalized spacial score (nSPS) is 12.1. The first kappa shape index (κ1) is 15.7. The van der Waals surface area contributed by atoms with Crippen LogP contribution in [0, 0.1) is 0 Å². The van der Waals surface area contributed by atoms with E-state index in [4.69, 9.17) is 21.1 Å². The number of methoxy groups -OCH3 is 2. The molecule has 2 rings (SSSR count). The molecule has 2 nitrogen and oxygen atoms in total. The lowest BCUT2D eigenvalue weighted by molar-refractivity contribution is 0.391. The van der Waals surface area contributed by atoms with Gasteiger partial charge >= 0.3 is 0 Å². The Balaban J connectivity index is 2.41. The summed E-state index contributed by atoms with van der Waals surface area (Å²) in [6.45, 7) is 0. The summed E-state index contributed by atoms with van der Waals surface area (Å²) in [5, 5.41) is 0.690. The maximum Gasteiger partial charge on any atom is 0.127 e. The molecule has 0 spiro atoms. The fraction of sp³-hybridized carbons (Fsp3) is 0.200. The zero-order valence-corrected chi connectivity index (χ0v) is 14.9. The van der Waals surface area contributed by atoms with Crippen molar-refractivity contribution in [1.82, 2.24) is 0 Å². The van der Waals surface area contributed by atoms with Crippen LogP contribution in [0.25, 0.3) is 0 Å². The van der Waals surface area contributed by atoms with Gasteiger partial charge in [0.2, 0.25) is 0 Å². The summed E-state index contributed by atoms with van der Waals surface area (Å²) >= 11 is 13.2. The van der Waals surface area contributed by atoms with Crippen molar-refractivity contribution in [3.05, 3.63) is 57.0 Å². The maximum atomic E-state index is 6.03. The number of rotatable bonds is 4.